The molecule has 0 amide bonds. The van der Waals surface area contributed by atoms with E-state index in [0.717, 1.165) is 28.2 Å². The van der Waals surface area contributed by atoms with E-state index in [4.69, 9.17) is 17.4 Å². The summed E-state index contributed by atoms with van der Waals surface area (Å²) in [6.45, 7) is 1.82. The van der Waals surface area contributed by atoms with E-state index in [0.29, 0.717) is 28.8 Å². The number of halogens is 1. The van der Waals surface area contributed by atoms with Crippen molar-refractivity contribution < 1.29 is 32.0 Å². The largest absolute Gasteiger partial charge is 0.515 e. The van der Waals surface area contributed by atoms with Gasteiger partial charge in [-0.3, -0.25) is 0 Å². The standard InChI is InChI=1S/C20H20FO4P.C12H9O2P/c1-15(17-9-2-4-11-19(17)23)24-26-25-20-12-5-3-10-18(20)16(14-22)8-6-7-13-21;1-3-7-11-9(5-1)10-6-2-4-8-12(10)14-15-13-11/h2-15,22-23,26H,1H3;1-8,15H/b8-6-,13-7-,16-14-;. The van der Waals surface area contributed by atoms with Crippen LogP contribution in [0.5, 0.6) is 11.5 Å². The third kappa shape index (κ3) is 8.12. The Morgan fingerprint density at radius 2 is 1.46 bits per heavy atom. The van der Waals surface area contributed by atoms with Gasteiger partial charge in [-0.25, -0.2) is 4.39 Å². The number of benzene rings is 4. The fraction of sp³-hybridized carbons (Fsp3) is 0.0625. The molecule has 0 aliphatic rings. The Balaban J connectivity index is 0.000000216. The van der Waals surface area contributed by atoms with E-state index in [1.807, 2.05) is 61.5 Å². The van der Waals surface area contributed by atoms with Crippen molar-refractivity contribution in [2.75, 3.05) is 0 Å². The van der Waals surface area contributed by atoms with Crippen LogP contribution in [0, 0.1) is 0 Å². The molecule has 0 aliphatic carbocycles. The number of aliphatic hydroxyl groups is 1. The summed E-state index contributed by atoms with van der Waals surface area (Å²) in [5.41, 5.74) is 3.57. The van der Waals surface area contributed by atoms with Crippen molar-refractivity contribution in [3.8, 4) is 11.5 Å². The molecule has 2 N–H and O–H groups in total. The highest BCUT2D eigenvalue weighted by molar-refractivity contribution is 7.26. The Morgan fingerprint density at radius 1 is 0.854 bits per heavy atom. The molecule has 210 valence electrons. The summed E-state index contributed by atoms with van der Waals surface area (Å²) in [6.07, 6.45) is 5.24. The van der Waals surface area contributed by atoms with Gasteiger partial charge in [-0.15, -0.1) is 0 Å². The van der Waals surface area contributed by atoms with Gasteiger partial charge in [0.1, 0.15) is 22.7 Å². The van der Waals surface area contributed by atoms with Gasteiger partial charge >= 0.3 is 0 Å². The molecule has 5 rings (SSSR count). The monoisotopic (exact) mass is 590 g/mol. The molecule has 2 atom stereocenters. The molecule has 1 heterocycles. The van der Waals surface area contributed by atoms with Crippen molar-refractivity contribution in [3.05, 3.63) is 139 Å². The zero-order chi connectivity index (χ0) is 28.9. The lowest BCUT2D eigenvalue weighted by Gasteiger charge is -2.16. The van der Waals surface area contributed by atoms with Crippen molar-refractivity contribution in [1.29, 1.82) is 0 Å². The SMILES string of the molecule is CC(OPOc1ccccc1C(/C=C\C=C/F)=C\O)c1ccccc1O.c1ccc2c(c1)o[pH]oc1ccccc12. The van der Waals surface area contributed by atoms with Crippen LogP contribution in [0.1, 0.15) is 24.2 Å². The fourth-order valence-electron chi connectivity index (χ4n) is 3.90. The highest BCUT2D eigenvalue weighted by Gasteiger charge is 2.12. The lowest BCUT2D eigenvalue weighted by molar-refractivity contribution is 0.236. The zero-order valence-electron chi connectivity index (χ0n) is 22.1. The van der Waals surface area contributed by atoms with Crippen LogP contribution in [0.3, 0.4) is 0 Å². The topological polar surface area (TPSA) is 85.2 Å². The Labute approximate surface area is 240 Å². The van der Waals surface area contributed by atoms with Gasteiger partial charge in [-0.2, -0.15) is 0 Å². The molecular formula is C32H29FO6P2. The molecule has 0 aliphatic heterocycles. The smallest absolute Gasteiger partial charge is 0.215 e. The highest BCUT2D eigenvalue weighted by atomic mass is 31.1. The Hall–Kier alpha value is -4.28. The molecule has 0 bridgehead atoms. The van der Waals surface area contributed by atoms with E-state index in [9.17, 15) is 14.6 Å². The molecule has 0 saturated carbocycles. The second-order valence-corrected chi connectivity index (χ2v) is 9.72. The normalized spacial score (nSPS) is 12.7. The summed E-state index contributed by atoms with van der Waals surface area (Å²) in [6, 6.07) is 30.1. The molecule has 9 heteroatoms. The van der Waals surface area contributed by atoms with Crippen LogP contribution >= 0.6 is 17.7 Å². The maximum atomic E-state index is 12.1. The first-order valence-electron chi connectivity index (χ1n) is 12.6. The van der Waals surface area contributed by atoms with Crippen molar-refractivity contribution in [2.45, 2.75) is 13.0 Å². The maximum absolute atomic E-state index is 12.1. The van der Waals surface area contributed by atoms with Gasteiger partial charge in [0.15, 0.2) is 0 Å². The number of phenolic OH excluding ortho intramolecular Hbond substituents is 1. The number of fused-ring (bicyclic) bond motifs is 3. The van der Waals surface area contributed by atoms with E-state index in [2.05, 4.69) is 0 Å². The van der Waals surface area contributed by atoms with Crippen molar-refractivity contribution >= 4 is 45.2 Å². The number of allylic oxidation sites excluding steroid dienone is 4. The van der Waals surface area contributed by atoms with Crippen molar-refractivity contribution in [1.82, 2.24) is 0 Å². The Bertz CT molecular complexity index is 1640. The zero-order valence-corrected chi connectivity index (χ0v) is 24.1. The fourth-order valence-corrected chi connectivity index (χ4v) is 5.06. The van der Waals surface area contributed by atoms with E-state index in [1.54, 1.807) is 48.5 Å². The molecule has 0 saturated heterocycles. The van der Waals surface area contributed by atoms with Crippen LogP contribution in [0.25, 0.3) is 27.5 Å². The number of aromatic hydroxyl groups is 1. The summed E-state index contributed by atoms with van der Waals surface area (Å²) in [7, 11) is -0.284. The second-order valence-electron chi connectivity index (χ2n) is 8.54. The number of hydrogen-bond acceptors (Lipinski definition) is 6. The Morgan fingerprint density at radius 3 is 2.12 bits per heavy atom. The van der Waals surface area contributed by atoms with E-state index in [-0.39, 0.29) is 29.6 Å². The molecule has 4 aromatic carbocycles. The van der Waals surface area contributed by atoms with Crippen LogP contribution in [0.4, 0.5) is 4.39 Å². The first kappa shape index (κ1) is 29.7. The third-order valence-corrected chi connectivity index (χ3v) is 7.28. The quantitative estimate of drug-likeness (QED) is 0.106. The number of aliphatic hydroxyl groups excluding tert-OH is 1. The molecule has 1 aromatic heterocycles. The minimum Gasteiger partial charge on any atom is -0.515 e. The summed E-state index contributed by atoms with van der Waals surface area (Å²) < 4.78 is 34.5. The second kappa shape index (κ2) is 15.5. The van der Waals surface area contributed by atoms with Crippen molar-refractivity contribution in [2.24, 2.45) is 0 Å². The van der Waals surface area contributed by atoms with Gasteiger partial charge in [0, 0.05) is 27.5 Å². The minimum atomic E-state index is -0.343. The molecule has 5 aromatic rings. The van der Waals surface area contributed by atoms with Crippen LogP contribution < -0.4 is 4.52 Å². The summed E-state index contributed by atoms with van der Waals surface area (Å²) >= 11 is 0. The highest BCUT2D eigenvalue weighted by Crippen LogP contribution is 2.36. The van der Waals surface area contributed by atoms with Crippen LogP contribution in [0.2, 0.25) is 0 Å². The first-order chi connectivity index (χ1) is 20.1. The predicted octanol–water partition coefficient (Wildman–Crippen LogP) is 10.3. The lowest BCUT2D eigenvalue weighted by Crippen LogP contribution is -1.96. The lowest BCUT2D eigenvalue weighted by atomic mass is 10.1. The molecule has 2 unspecified atom stereocenters. The van der Waals surface area contributed by atoms with Crippen LogP contribution in [0.15, 0.2) is 136 Å². The summed E-state index contributed by atoms with van der Waals surface area (Å²) in [4.78, 5) is 0. The van der Waals surface area contributed by atoms with Gasteiger partial charge in [0.25, 0.3) is 0 Å². The molecule has 0 fully saturated rings. The number of phenols is 1. The van der Waals surface area contributed by atoms with Gasteiger partial charge in [-0.05, 0) is 37.3 Å². The molecule has 6 nitrogen and oxygen atoms in total. The van der Waals surface area contributed by atoms with E-state index < -0.39 is 0 Å². The molecule has 41 heavy (non-hydrogen) atoms. The van der Waals surface area contributed by atoms with Gasteiger partial charge in [0.05, 0.1) is 18.7 Å². The average molecular weight is 591 g/mol. The maximum Gasteiger partial charge on any atom is 0.215 e. The minimum absolute atomic E-state index is 0.0288. The number of rotatable bonds is 8. The van der Waals surface area contributed by atoms with Gasteiger partial charge in [0.2, 0.25) is 17.7 Å². The summed E-state index contributed by atoms with van der Waals surface area (Å²) in [5.74, 6) is 0.686. The van der Waals surface area contributed by atoms with Gasteiger partial charge in [-0.1, -0.05) is 84.9 Å². The number of para-hydroxylation sites is 4. The summed E-state index contributed by atoms with van der Waals surface area (Å²) in [5, 5.41) is 21.5. The third-order valence-electron chi connectivity index (χ3n) is 5.92. The van der Waals surface area contributed by atoms with Gasteiger partial charge < -0.3 is 27.7 Å². The van der Waals surface area contributed by atoms with E-state index in [1.165, 1.54) is 12.2 Å². The van der Waals surface area contributed by atoms with Crippen molar-refractivity contribution in [3.63, 3.8) is 0 Å². The van der Waals surface area contributed by atoms with Crippen LogP contribution in [-0.4, -0.2) is 10.2 Å². The first-order valence-corrected chi connectivity index (χ1v) is 14.3. The average Bonchev–Trinajstić information content (AvgIpc) is 3.20. The Kier molecular flexibility index (Phi) is 11.2. The number of hydrogen-bond donors (Lipinski definition) is 2. The molecule has 0 spiro atoms. The predicted molar refractivity (Wildman–Crippen MR) is 166 cm³/mol. The van der Waals surface area contributed by atoms with E-state index >= 15 is 0 Å². The van der Waals surface area contributed by atoms with Crippen LogP contribution in [-0.2, 0) is 4.52 Å². The molecular weight excluding hydrogens is 561 g/mol. The molecule has 0 radical (unpaired) electrons.